The molecule has 0 bridgehead atoms. The van der Waals surface area contributed by atoms with Crippen LogP contribution < -0.4 is 5.32 Å². The van der Waals surface area contributed by atoms with Crippen molar-refractivity contribution >= 4 is 5.91 Å². The topological polar surface area (TPSA) is 35.6 Å². The molecule has 0 aromatic carbocycles. The first-order valence-electron chi connectivity index (χ1n) is 6.41. The molecule has 2 aliphatic rings. The lowest BCUT2D eigenvalue weighted by Gasteiger charge is -2.25. The van der Waals surface area contributed by atoms with E-state index in [0.29, 0.717) is 6.04 Å². The highest BCUT2D eigenvalue weighted by Gasteiger charge is 2.29. The summed E-state index contributed by atoms with van der Waals surface area (Å²) < 4.78 is 0. The summed E-state index contributed by atoms with van der Waals surface area (Å²) in [5, 5.41) is 3.41. The number of carbonyl (C=O) groups is 1. The Hall–Kier alpha value is -0.610. The first kappa shape index (κ1) is 11.9. The number of amides is 1. The van der Waals surface area contributed by atoms with Crippen LogP contribution in [0, 0.1) is 0 Å². The molecule has 2 rings (SSSR count). The first-order valence-corrected chi connectivity index (χ1v) is 6.41. The van der Waals surface area contributed by atoms with Crippen LogP contribution in [0.25, 0.3) is 0 Å². The summed E-state index contributed by atoms with van der Waals surface area (Å²) in [6.07, 6.45) is 3.62. The molecule has 2 aliphatic heterocycles. The molecule has 92 valence electrons. The van der Waals surface area contributed by atoms with Gasteiger partial charge in [-0.2, -0.15) is 0 Å². The molecule has 0 aliphatic carbocycles. The molecule has 4 nitrogen and oxygen atoms in total. The summed E-state index contributed by atoms with van der Waals surface area (Å²) >= 11 is 0. The van der Waals surface area contributed by atoms with E-state index >= 15 is 0 Å². The standard InChI is InChI=1S/C12H23N3O/c1-10(15-6-3-4-7-15)9-13-11-5-8-14(2)12(11)16/h10-11,13H,3-9H2,1-2H3. The second-order valence-electron chi connectivity index (χ2n) is 5.10. The van der Waals surface area contributed by atoms with Crippen LogP contribution >= 0.6 is 0 Å². The number of likely N-dealkylation sites (N-methyl/N-ethyl adjacent to an activating group) is 1. The third-order valence-corrected chi connectivity index (χ3v) is 3.85. The van der Waals surface area contributed by atoms with Crippen LogP contribution in [0.15, 0.2) is 0 Å². The zero-order valence-electron chi connectivity index (χ0n) is 10.4. The van der Waals surface area contributed by atoms with Crippen LogP contribution in [0.2, 0.25) is 0 Å². The van der Waals surface area contributed by atoms with Gasteiger partial charge in [-0.15, -0.1) is 0 Å². The Labute approximate surface area is 98.0 Å². The molecule has 16 heavy (non-hydrogen) atoms. The predicted octanol–water partition coefficient (Wildman–Crippen LogP) is 0.291. The van der Waals surface area contributed by atoms with E-state index in [4.69, 9.17) is 0 Å². The average Bonchev–Trinajstić information content (AvgIpc) is 2.89. The van der Waals surface area contributed by atoms with Gasteiger partial charge in [-0.1, -0.05) is 0 Å². The van der Waals surface area contributed by atoms with Gasteiger partial charge in [0, 0.05) is 26.2 Å². The Balaban J connectivity index is 1.72. The van der Waals surface area contributed by atoms with E-state index in [2.05, 4.69) is 17.1 Å². The maximum absolute atomic E-state index is 11.7. The normalized spacial score (nSPS) is 29.0. The molecule has 0 saturated carbocycles. The van der Waals surface area contributed by atoms with Gasteiger partial charge in [-0.05, 0) is 39.3 Å². The van der Waals surface area contributed by atoms with Crippen molar-refractivity contribution in [3.8, 4) is 0 Å². The Kier molecular flexibility index (Phi) is 3.82. The lowest BCUT2D eigenvalue weighted by Crippen LogP contribution is -2.44. The number of hydrogen-bond acceptors (Lipinski definition) is 3. The third-order valence-electron chi connectivity index (χ3n) is 3.85. The van der Waals surface area contributed by atoms with Crippen molar-refractivity contribution < 1.29 is 4.79 Å². The van der Waals surface area contributed by atoms with Gasteiger partial charge in [0.15, 0.2) is 0 Å². The van der Waals surface area contributed by atoms with Crippen LogP contribution in [0.5, 0.6) is 0 Å². The molecule has 2 saturated heterocycles. The van der Waals surface area contributed by atoms with E-state index in [9.17, 15) is 4.79 Å². The number of likely N-dealkylation sites (tertiary alicyclic amines) is 2. The Morgan fingerprint density at radius 2 is 2.06 bits per heavy atom. The van der Waals surface area contributed by atoms with Crippen LogP contribution in [-0.2, 0) is 4.79 Å². The lowest BCUT2D eigenvalue weighted by molar-refractivity contribution is -0.128. The fourth-order valence-electron chi connectivity index (χ4n) is 2.64. The minimum atomic E-state index is 0.0649. The van der Waals surface area contributed by atoms with Gasteiger partial charge in [-0.25, -0.2) is 0 Å². The van der Waals surface area contributed by atoms with Crippen LogP contribution in [0.1, 0.15) is 26.2 Å². The average molecular weight is 225 g/mol. The summed E-state index contributed by atoms with van der Waals surface area (Å²) in [6.45, 7) is 6.53. The monoisotopic (exact) mass is 225 g/mol. The molecule has 4 heteroatoms. The predicted molar refractivity (Wildman–Crippen MR) is 64.3 cm³/mol. The Morgan fingerprint density at radius 1 is 1.38 bits per heavy atom. The maximum atomic E-state index is 11.7. The molecular weight excluding hydrogens is 202 g/mol. The van der Waals surface area contributed by atoms with Gasteiger partial charge in [0.1, 0.15) is 0 Å². The Bertz CT molecular complexity index is 251. The number of nitrogens with one attached hydrogen (secondary N) is 1. The summed E-state index contributed by atoms with van der Waals surface area (Å²) in [7, 11) is 1.88. The number of rotatable bonds is 4. The number of carbonyl (C=O) groups excluding carboxylic acids is 1. The van der Waals surface area contributed by atoms with Crippen molar-refractivity contribution in [2.24, 2.45) is 0 Å². The van der Waals surface area contributed by atoms with Crippen molar-refractivity contribution in [2.45, 2.75) is 38.3 Å². The van der Waals surface area contributed by atoms with E-state index in [1.165, 1.54) is 25.9 Å². The van der Waals surface area contributed by atoms with Crippen LogP contribution in [-0.4, -0.2) is 61.0 Å². The summed E-state index contributed by atoms with van der Waals surface area (Å²) in [4.78, 5) is 16.0. The molecule has 0 aromatic rings. The second-order valence-corrected chi connectivity index (χ2v) is 5.10. The van der Waals surface area contributed by atoms with Gasteiger partial charge < -0.3 is 10.2 Å². The zero-order chi connectivity index (χ0) is 11.5. The van der Waals surface area contributed by atoms with Gasteiger partial charge >= 0.3 is 0 Å². The van der Waals surface area contributed by atoms with Crippen LogP contribution in [0.4, 0.5) is 0 Å². The SMILES string of the molecule is CC(CNC1CCN(C)C1=O)N1CCCC1. The van der Waals surface area contributed by atoms with Crippen LogP contribution in [0.3, 0.4) is 0 Å². The molecule has 0 aromatic heterocycles. The molecule has 0 radical (unpaired) electrons. The lowest BCUT2D eigenvalue weighted by atomic mass is 10.2. The van der Waals surface area contributed by atoms with E-state index < -0.39 is 0 Å². The highest BCUT2D eigenvalue weighted by Crippen LogP contribution is 2.12. The van der Waals surface area contributed by atoms with Crippen molar-refractivity contribution in [1.29, 1.82) is 0 Å². The van der Waals surface area contributed by atoms with Gasteiger partial charge in [0.05, 0.1) is 6.04 Å². The van der Waals surface area contributed by atoms with E-state index in [1.54, 1.807) is 0 Å². The molecule has 1 N–H and O–H groups in total. The molecule has 2 atom stereocenters. The maximum Gasteiger partial charge on any atom is 0.239 e. The zero-order valence-corrected chi connectivity index (χ0v) is 10.4. The molecular formula is C12H23N3O. The van der Waals surface area contributed by atoms with Gasteiger partial charge in [0.25, 0.3) is 0 Å². The van der Waals surface area contributed by atoms with E-state index in [-0.39, 0.29) is 11.9 Å². The minimum Gasteiger partial charge on any atom is -0.344 e. The fourth-order valence-corrected chi connectivity index (χ4v) is 2.64. The third kappa shape index (κ3) is 2.55. The molecule has 2 unspecified atom stereocenters. The molecule has 1 amide bonds. The largest absolute Gasteiger partial charge is 0.344 e. The molecule has 2 heterocycles. The fraction of sp³-hybridized carbons (Fsp3) is 0.917. The van der Waals surface area contributed by atoms with Crippen molar-refractivity contribution in [1.82, 2.24) is 15.1 Å². The van der Waals surface area contributed by atoms with Crippen molar-refractivity contribution in [3.63, 3.8) is 0 Å². The van der Waals surface area contributed by atoms with E-state index in [1.807, 2.05) is 11.9 Å². The minimum absolute atomic E-state index is 0.0649. The van der Waals surface area contributed by atoms with Gasteiger partial charge in [0.2, 0.25) is 5.91 Å². The van der Waals surface area contributed by atoms with Gasteiger partial charge in [-0.3, -0.25) is 9.69 Å². The second kappa shape index (κ2) is 5.15. The number of hydrogen-bond donors (Lipinski definition) is 1. The summed E-state index contributed by atoms with van der Waals surface area (Å²) in [5.41, 5.74) is 0. The van der Waals surface area contributed by atoms with Crippen molar-refractivity contribution in [3.05, 3.63) is 0 Å². The molecule has 2 fully saturated rings. The summed E-state index contributed by atoms with van der Waals surface area (Å²) in [6, 6.07) is 0.622. The summed E-state index contributed by atoms with van der Waals surface area (Å²) in [5.74, 6) is 0.258. The first-order chi connectivity index (χ1) is 7.68. The quantitative estimate of drug-likeness (QED) is 0.747. The Morgan fingerprint density at radius 3 is 2.62 bits per heavy atom. The highest BCUT2D eigenvalue weighted by atomic mass is 16.2. The van der Waals surface area contributed by atoms with Crippen molar-refractivity contribution in [2.75, 3.05) is 33.2 Å². The van der Waals surface area contributed by atoms with E-state index in [0.717, 1.165) is 19.5 Å². The number of nitrogens with zero attached hydrogens (tertiary/aromatic N) is 2. The molecule has 0 spiro atoms. The smallest absolute Gasteiger partial charge is 0.239 e. The highest BCUT2D eigenvalue weighted by molar-refractivity contribution is 5.83.